The summed E-state index contributed by atoms with van der Waals surface area (Å²) >= 11 is 0. The van der Waals surface area contributed by atoms with Gasteiger partial charge in [0.25, 0.3) is 0 Å². The maximum absolute atomic E-state index is 11.0. The molecule has 0 aromatic rings. The van der Waals surface area contributed by atoms with Gasteiger partial charge in [-0.1, -0.05) is 46.4 Å². The average Bonchev–Trinajstić information content (AvgIpc) is 3.24. The van der Waals surface area contributed by atoms with Crippen molar-refractivity contribution in [2.75, 3.05) is 13.2 Å². The summed E-state index contributed by atoms with van der Waals surface area (Å²) in [5, 5.41) is 21.5. The van der Waals surface area contributed by atoms with E-state index >= 15 is 0 Å². The number of aliphatic hydroxyl groups excluding tert-OH is 2. The molecule has 204 valence electrons. The Kier molecular flexibility index (Phi) is 6.40. The zero-order valence-corrected chi connectivity index (χ0v) is 24.2. The van der Waals surface area contributed by atoms with E-state index in [-0.39, 0.29) is 39.8 Å². The summed E-state index contributed by atoms with van der Waals surface area (Å²) in [7, 11) is 0. The molecule has 0 aliphatic heterocycles. The molecule has 5 aliphatic rings. The molecule has 5 saturated carbocycles. The molecule has 0 spiro atoms. The standard InChI is InChI=1S/C33H54O3/c1-9-36-22(4)33-17-12-23(21(2)3)28(33)24-10-11-26-29(5)15-14-27(35)30(6,20-34)25(29)13-16-32(26,8)31(24,7)18-19-33/h23-28,34-35H,2,4,9-20H2,1,3,5-8H3/t23?,24?,25-,26?,27+,28?,29+,30+,31-,32-,33-/m1/s1. The lowest BCUT2D eigenvalue weighted by Gasteiger charge is -2.73. The van der Waals surface area contributed by atoms with E-state index in [1.54, 1.807) is 0 Å². The van der Waals surface area contributed by atoms with E-state index in [9.17, 15) is 10.2 Å². The number of fused-ring (bicyclic) bond motifs is 7. The highest BCUT2D eigenvalue weighted by molar-refractivity contribution is 5.25. The molecule has 36 heavy (non-hydrogen) atoms. The van der Waals surface area contributed by atoms with Crippen LogP contribution in [0.4, 0.5) is 0 Å². The Hall–Kier alpha value is -0.800. The largest absolute Gasteiger partial charge is 0.498 e. The molecule has 11 atom stereocenters. The zero-order chi connectivity index (χ0) is 26.3. The zero-order valence-electron chi connectivity index (χ0n) is 24.2. The van der Waals surface area contributed by atoms with Crippen molar-refractivity contribution in [2.24, 2.45) is 56.7 Å². The summed E-state index contributed by atoms with van der Waals surface area (Å²) in [4.78, 5) is 0. The van der Waals surface area contributed by atoms with Crippen LogP contribution in [-0.4, -0.2) is 29.5 Å². The molecule has 2 N–H and O–H groups in total. The first-order chi connectivity index (χ1) is 16.9. The summed E-state index contributed by atoms with van der Waals surface area (Å²) in [5.74, 6) is 3.94. The van der Waals surface area contributed by atoms with Crippen molar-refractivity contribution in [1.82, 2.24) is 0 Å². The van der Waals surface area contributed by atoms with E-state index in [2.05, 4.69) is 54.7 Å². The predicted molar refractivity (Wildman–Crippen MR) is 147 cm³/mol. The SMILES string of the molecule is C=C(C)C1CC[C@]2(C(=C)OCC)CC[C@]3(C)C(CCC4[C@@]5(C)CC[C@H](O)[C@@](C)(CO)[C@@H]5CC[C@]43C)C12. The van der Waals surface area contributed by atoms with Gasteiger partial charge in [0.1, 0.15) is 0 Å². The summed E-state index contributed by atoms with van der Waals surface area (Å²) in [6, 6.07) is 0. The minimum absolute atomic E-state index is 0.0994. The average molecular weight is 499 g/mol. The van der Waals surface area contributed by atoms with Gasteiger partial charge >= 0.3 is 0 Å². The third-order valence-corrected chi connectivity index (χ3v) is 14.1. The summed E-state index contributed by atoms with van der Waals surface area (Å²) in [6.07, 6.45) is 11.3. The number of aliphatic hydroxyl groups is 2. The maximum Gasteiger partial charge on any atom is 0.0952 e. The second-order valence-electron chi connectivity index (χ2n) is 14.9. The van der Waals surface area contributed by atoms with Gasteiger partial charge in [-0.25, -0.2) is 0 Å². The Morgan fingerprint density at radius 2 is 1.58 bits per heavy atom. The van der Waals surface area contributed by atoms with Crippen LogP contribution in [0.2, 0.25) is 0 Å². The van der Waals surface area contributed by atoms with Crippen LogP contribution in [-0.2, 0) is 4.74 Å². The van der Waals surface area contributed by atoms with Crippen molar-refractivity contribution in [1.29, 1.82) is 0 Å². The van der Waals surface area contributed by atoms with Crippen LogP contribution in [0.3, 0.4) is 0 Å². The maximum atomic E-state index is 11.0. The molecular weight excluding hydrogens is 444 g/mol. The highest BCUT2D eigenvalue weighted by Crippen LogP contribution is 2.78. The number of allylic oxidation sites excluding steroid dienone is 2. The van der Waals surface area contributed by atoms with Crippen molar-refractivity contribution in [3.8, 4) is 0 Å². The predicted octanol–water partition coefficient (Wildman–Crippen LogP) is 7.53. The Balaban J connectivity index is 1.55. The molecule has 3 heteroatoms. The third-order valence-electron chi connectivity index (χ3n) is 14.1. The molecule has 5 rings (SSSR count). The molecule has 0 aromatic heterocycles. The smallest absolute Gasteiger partial charge is 0.0952 e. The molecule has 0 radical (unpaired) electrons. The van der Waals surface area contributed by atoms with Crippen molar-refractivity contribution >= 4 is 0 Å². The van der Waals surface area contributed by atoms with Gasteiger partial charge in [-0.2, -0.15) is 0 Å². The van der Waals surface area contributed by atoms with E-state index in [0.29, 0.717) is 36.2 Å². The van der Waals surface area contributed by atoms with Crippen LogP contribution in [0.1, 0.15) is 106 Å². The first-order valence-corrected chi connectivity index (χ1v) is 15.1. The highest BCUT2D eigenvalue weighted by Gasteiger charge is 2.71. The van der Waals surface area contributed by atoms with Crippen molar-refractivity contribution < 1.29 is 14.9 Å². The summed E-state index contributed by atoms with van der Waals surface area (Å²) < 4.78 is 6.22. The van der Waals surface area contributed by atoms with Gasteiger partial charge in [0.15, 0.2) is 0 Å². The second kappa shape index (κ2) is 8.60. The third kappa shape index (κ3) is 3.17. The molecule has 0 heterocycles. The normalized spacial score (nSPS) is 54.0. The van der Waals surface area contributed by atoms with Crippen LogP contribution >= 0.6 is 0 Å². The van der Waals surface area contributed by atoms with Crippen molar-refractivity contribution in [3.05, 3.63) is 24.5 Å². The van der Waals surface area contributed by atoms with Crippen LogP contribution in [0.25, 0.3) is 0 Å². The van der Waals surface area contributed by atoms with Crippen LogP contribution in [0, 0.1) is 56.7 Å². The fourth-order valence-corrected chi connectivity index (χ4v) is 12.0. The van der Waals surface area contributed by atoms with Crippen LogP contribution < -0.4 is 0 Å². The van der Waals surface area contributed by atoms with Gasteiger partial charge in [0.05, 0.1) is 25.1 Å². The Morgan fingerprint density at radius 1 is 0.861 bits per heavy atom. The Bertz CT molecular complexity index is 911. The first kappa shape index (κ1) is 26.8. The molecule has 0 amide bonds. The molecule has 0 bridgehead atoms. The number of hydrogen-bond acceptors (Lipinski definition) is 3. The summed E-state index contributed by atoms with van der Waals surface area (Å²) in [5.41, 5.74) is 1.84. The fraction of sp³-hybridized carbons (Fsp3) is 0.879. The lowest BCUT2D eigenvalue weighted by molar-refractivity contribution is -0.253. The van der Waals surface area contributed by atoms with E-state index in [1.807, 2.05) is 0 Å². The fourth-order valence-electron chi connectivity index (χ4n) is 12.0. The number of hydrogen-bond donors (Lipinski definition) is 2. The topological polar surface area (TPSA) is 49.7 Å². The van der Waals surface area contributed by atoms with Gasteiger partial charge in [-0.15, -0.1) is 0 Å². The molecular formula is C33H54O3. The van der Waals surface area contributed by atoms with E-state index in [1.165, 1.54) is 50.5 Å². The van der Waals surface area contributed by atoms with Crippen molar-refractivity contribution in [2.45, 2.75) is 112 Å². The van der Waals surface area contributed by atoms with Crippen LogP contribution in [0.5, 0.6) is 0 Å². The summed E-state index contributed by atoms with van der Waals surface area (Å²) in [6.45, 7) is 24.3. The minimum atomic E-state index is -0.383. The van der Waals surface area contributed by atoms with Gasteiger partial charge in [0, 0.05) is 10.8 Å². The van der Waals surface area contributed by atoms with Gasteiger partial charge in [0.2, 0.25) is 0 Å². The molecule has 3 nitrogen and oxygen atoms in total. The first-order valence-electron chi connectivity index (χ1n) is 15.1. The van der Waals surface area contributed by atoms with Gasteiger partial charge in [-0.3, -0.25) is 0 Å². The lowest BCUT2D eigenvalue weighted by Crippen LogP contribution is -2.67. The van der Waals surface area contributed by atoms with E-state index < -0.39 is 0 Å². The van der Waals surface area contributed by atoms with Gasteiger partial charge in [-0.05, 0) is 124 Å². The quantitative estimate of drug-likeness (QED) is 0.304. The van der Waals surface area contributed by atoms with Crippen LogP contribution in [0.15, 0.2) is 24.5 Å². The van der Waals surface area contributed by atoms with E-state index in [0.717, 1.165) is 25.0 Å². The number of ether oxygens (including phenoxy) is 1. The lowest BCUT2D eigenvalue weighted by atomic mass is 9.32. The van der Waals surface area contributed by atoms with Gasteiger partial charge < -0.3 is 14.9 Å². The monoisotopic (exact) mass is 498 g/mol. The molecule has 0 saturated heterocycles. The molecule has 5 aliphatic carbocycles. The molecule has 4 unspecified atom stereocenters. The molecule has 5 fully saturated rings. The minimum Gasteiger partial charge on any atom is -0.498 e. The Labute approximate surface area is 221 Å². The van der Waals surface area contributed by atoms with E-state index in [4.69, 9.17) is 4.74 Å². The van der Waals surface area contributed by atoms with Crippen molar-refractivity contribution in [3.63, 3.8) is 0 Å². The number of rotatable bonds is 5. The molecule has 0 aromatic carbocycles. The Morgan fingerprint density at radius 3 is 2.22 bits per heavy atom. The second-order valence-corrected chi connectivity index (χ2v) is 14.9. The highest BCUT2D eigenvalue weighted by atomic mass is 16.5.